The Balaban J connectivity index is 1.55. The van der Waals surface area contributed by atoms with E-state index in [4.69, 9.17) is 39.1 Å². The van der Waals surface area contributed by atoms with Crippen molar-refractivity contribution < 1.29 is 9.13 Å². The average Bonchev–Trinajstić information content (AvgIpc) is 2.85. The Labute approximate surface area is 230 Å². The number of halogens is 3. The highest BCUT2D eigenvalue weighted by Gasteiger charge is 2.25. The summed E-state index contributed by atoms with van der Waals surface area (Å²) in [6.07, 6.45) is 1.71. The van der Waals surface area contributed by atoms with Crippen LogP contribution in [0.5, 0.6) is 5.88 Å². The van der Waals surface area contributed by atoms with Gasteiger partial charge in [0.25, 0.3) is 0 Å². The number of nitrogens with zero attached hydrogens (tertiary/aromatic N) is 3. The minimum Gasteiger partial charge on any atom is -0.474 e. The van der Waals surface area contributed by atoms with E-state index in [1.165, 1.54) is 18.2 Å². The van der Waals surface area contributed by atoms with E-state index in [0.717, 1.165) is 37.9 Å². The highest BCUT2D eigenvalue weighted by molar-refractivity contribution is 8.00. The molecule has 0 radical (unpaired) electrons. The molecular formula is C26H29Cl2FN6OS. The predicted octanol–water partition coefficient (Wildman–Crippen LogP) is 6.93. The Morgan fingerprint density at radius 3 is 2.57 bits per heavy atom. The molecule has 0 aliphatic carbocycles. The standard InChI is InChI=1S/C26H29Cl2FN6OS/c1-14(2)35-10-8-18(9-11-35)36-26-23(15(3)30)24(31)32-25(33-26)16-4-7-21(19(28)12-16)34-37-22-13-17(27)5-6-20(22)29/h4-7,12-14,18,30,34H,8-11H2,1-3H3,(H2,31,32,33). The van der Waals surface area contributed by atoms with Gasteiger partial charge >= 0.3 is 0 Å². The Morgan fingerprint density at radius 2 is 1.92 bits per heavy atom. The van der Waals surface area contributed by atoms with Crippen molar-refractivity contribution in [2.45, 2.75) is 50.7 Å². The second-order valence-electron chi connectivity index (χ2n) is 9.16. The van der Waals surface area contributed by atoms with E-state index in [1.54, 1.807) is 25.1 Å². The Hall–Kier alpha value is -2.59. The number of nitrogens with one attached hydrogen (secondary N) is 2. The summed E-state index contributed by atoms with van der Waals surface area (Å²) in [6, 6.07) is 10.1. The second kappa shape index (κ2) is 11.9. The number of benzene rings is 2. The molecule has 0 atom stereocenters. The van der Waals surface area contributed by atoms with Crippen molar-refractivity contribution in [3.05, 3.63) is 57.8 Å². The topological polar surface area (TPSA) is 100 Å². The molecule has 0 spiro atoms. The monoisotopic (exact) mass is 562 g/mol. The zero-order valence-electron chi connectivity index (χ0n) is 20.8. The molecule has 2 heterocycles. The first-order valence-corrected chi connectivity index (χ1v) is 13.5. The van der Waals surface area contributed by atoms with Gasteiger partial charge < -0.3 is 25.5 Å². The van der Waals surface area contributed by atoms with Gasteiger partial charge in [0.15, 0.2) is 5.82 Å². The molecule has 2 aromatic carbocycles. The molecular weight excluding hydrogens is 534 g/mol. The van der Waals surface area contributed by atoms with Crippen LogP contribution in [0.4, 0.5) is 15.9 Å². The lowest BCUT2D eigenvalue weighted by atomic mass is 10.1. The number of rotatable bonds is 8. The second-order valence-corrected chi connectivity index (χ2v) is 10.8. The van der Waals surface area contributed by atoms with Crippen LogP contribution in [0, 0.1) is 11.2 Å². The van der Waals surface area contributed by atoms with Gasteiger partial charge in [0.1, 0.15) is 17.7 Å². The molecule has 1 aliphatic heterocycles. The van der Waals surface area contributed by atoms with Crippen molar-refractivity contribution in [3.8, 4) is 17.3 Å². The summed E-state index contributed by atoms with van der Waals surface area (Å²) in [5.41, 5.74) is 8.12. The molecule has 37 heavy (non-hydrogen) atoms. The van der Waals surface area contributed by atoms with Crippen LogP contribution in [-0.4, -0.2) is 45.8 Å². The van der Waals surface area contributed by atoms with Gasteiger partial charge in [0, 0.05) is 35.4 Å². The zero-order chi connectivity index (χ0) is 26.7. The number of aromatic nitrogens is 2. The maximum atomic E-state index is 14.0. The molecule has 3 aromatic rings. The number of likely N-dealkylation sites (tertiary alicyclic amines) is 1. The summed E-state index contributed by atoms with van der Waals surface area (Å²) >= 11 is 13.6. The van der Waals surface area contributed by atoms with Crippen LogP contribution in [0.2, 0.25) is 10.0 Å². The Bertz CT molecular complexity index is 1300. The zero-order valence-corrected chi connectivity index (χ0v) is 23.1. The molecule has 1 fully saturated rings. The largest absolute Gasteiger partial charge is 0.474 e. The van der Waals surface area contributed by atoms with Crippen molar-refractivity contribution in [3.63, 3.8) is 0 Å². The van der Waals surface area contributed by atoms with Gasteiger partial charge in [-0.15, -0.1) is 0 Å². The summed E-state index contributed by atoms with van der Waals surface area (Å²) < 4.78 is 23.4. The van der Waals surface area contributed by atoms with Crippen LogP contribution < -0.4 is 15.2 Å². The maximum Gasteiger partial charge on any atom is 0.228 e. The summed E-state index contributed by atoms with van der Waals surface area (Å²) in [7, 11) is 0. The maximum absolute atomic E-state index is 14.0. The van der Waals surface area contributed by atoms with Crippen LogP contribution in [0.1, 0.15) is 39.2 Å². The minimum atomic E-state index is -0.387. The fraction of sp³-hybridized carbons (Fsp3) is 0.346. The molecule has 0 saturated carbocycles. The van der Waals surface area contributed by atoms with E-state index in [2.05, 4.69) is 33.4 Å². The van der Waals surface area contributed by atoms with Crippen molar-refractivity contribution in [2.75, 3.05) is 23.5 Å². The lowest BCUT2D eigenvalue weighted by Gasteiger charge is -2.34. The fourth-order valence-corrected chi connectivity index (χ4v) is 5.36. The molecule has 1 saturated heterocycles. The first-order valence-electron chi connectivity index (χ1n) is 11.9. The summed E-state index contributed by atoms with van der Waals surface area (Å²) in [6.45, 7) is 7.90. The third-order valence-corrected chi connectivity index (χ3v) is 7.56. The number of piperidine rings is 1. The van der Waals surface area contributed by atoms with Gasteiger partial charge in [-0.2, -0.15) is 4.98 Å². The number of nitrogen functional groups attached to an aromatic ring is 1. The van der Waals surface area contributed by atoms with Crippen LogP contribution in [0.15, 0.2) is 41.3 Å². The normalized spacial score (nSPS) is 14.7. The van der Waals surface area contributed by atoms with Crippen molar-refractivity contribution in [1.29, 1.82) is 5.41 Å². The van der Waals surface area contributed by atoms with Crippen molar-refractivity contribution in [2.24, 2.45) is 0 Å². The molecule has 7 nitrogen and oxygen atoms in total. The van der Waals surface area contributed by atoms with Crippen molar-refractivity contribution >= 4 is 52.4 Å². The number of hydrogen-bond acceptors (Lipinski definition) is 8. The molecule has 11 heteroatoms. The summed E-state index contributed by atoms with van der Waals surface area (Å²) in [5, 5.41) is 9.02. The van der Waals surface area contributed by atoms with Gasteiger partial charge in [-0.05, 0) is 82.0 Å². The van der Waals surface area contributed by atoms with E-state index in [-0.39, 0.29) is 23.5 Å². The highest BCUT2D eigenvalue weighted by atomic mass is 35.5. The van der Waals surface area contributed by atoms with E-state index in [9.17, 15) is 4.39 Å². The minimum absolute atomic E-state index is 0.0191. The van der Waals surface area contributed by atoms with Crippen molar-refractivity contribution in [1.82, 2.24) is 14.9 Å². The molecule has 1 aromatic heterocycles. The fourth-order valence-electron chi connectivity index (χ4n) is 4.09. The lowest BCUT2D eigenvalue weighted by Crippen LogP contribution is -2.42. The van der Waals surface area contributed by atoms with E-state index < -0.39 is 0 Å². The quantitative estimate of drug-likeness (QED) is 0.202. The smallest absolute Gasteiger partial charge is 0.228 e. The van der Waals surface area contributed by atoms with Crippen LogP contribution in [0.25, 0.3) is 11.4 Å². The molecule has 0 unspecified atom stereocenters. The molecule has 0 bridgehead atoms. The Kier molecular flexibility index (Phi) is 8.79. The van der Waals surface area contributed by atoms with E-state index in [1.807, 2.05) is 0 Å². The molecule has 1 aliphatic rings. The predicted molar refractivity (Wildman–Crippen MR) is 151 cm³/mol. The molecule has 196 valence electrons. The first-order chi connectivity index (χ1) is 17.6. The number of hydrogen-bond donors (Lipinski definition) is 3. The van der Waals surface area contributed by atoms with Gasteiger partial charge in [-0.1, -0.05) is 23.2 Å². The molecule has 4 rings (SSSR count). The van der Waals surface area contributed by atoms with Gasteiger partial charge in [-0.25, -0.2) is 9.37 Å². The molecule has 4 N–H and O–H groups in total. The van der Waals surface area contributed by atoms with Gasteiger partial charge in [0.2, 0.25) is 5.88 Å². The SMILES string of the molecule is CC(=N)c1c(N)nc(-c2ccc(NSc3cc(Cl)ccc3F)c(Cl)c2)nc1OC1CCN(C(C)C)CC1. The molecule has 0 amide bonds. The average molecular weight is 564 g/mol. The number of ether oxygens (including phenoxy) is 1. The third-order valence-electron chi connectivity index (χ3n) is 6.16. The Morgan fingerprint density at radius 1 is 1.19 bits per heavy atom. The lowest BCUT2D eigenvalue weighted by molar-refractivity contribution is 0.0812. The highest BCUT2D eigenvalue weighted by Crippen LogP contribution is 2.34. The first kappa shape index (κ1) is 27.4. The van der Waals surface area contributed by atoms with E-state index >= 15 is 0 Å². The third kappa shape index (κ3) is 6.65. The van der Waals surface area contributed by atoms with Crippen LogP contribution in [0.3, 0.4) is 0 Å². The summed E-state index contributed by atoms with van der Waals surface area (Å²) in [5.74, 6) is 0.447. The van der Waals surface area contributed by atoms with Crippen LogP contribution >= 0.6 is 35.1 Å². The van der Waals surface area contributed by atoms with Crippen LogP contribution in [-0.2, 0) is 0 Å². The summed E-state index contributed by atoms with van der Waals surface area (Å²) in [4.78, 5) is 11.8. The van der Waals surface area contributed by atoms with E-state index in [0.29, 0.717) is 49.5 Å². The number of anilines is 2. The number of nitrogens with two attached hydrogens (primary N) is 1. The van der Waals surface area contributed by atoms with Gasteiger partial charge in [0.05, 0.1) is 21.2 Å². The van der Waals surface area contributed by atoms with Gasteiger partial charge in [-0.3, -0.25) is 0 Å².